The monoisotopic (exact) mass is 259 g/mol. The van der Waals surface area contributed by atoms with E-state index >= 15 is 0 Å². The lowest BCUT2D eigenvalue weighted by Crippen LogP contribution is -2.14. The Morgan fingerprint density at radius 3 is 2.41 bits per heavy atom. The minimum Gasteiger partial charge on any atom is -0.258 e. The van der Waals surface area contributed by atoms with Gasteiger partial charge in [0.2, 0.25) is 5.15 Å². The molecule has 96 valence electrons. The molecule has 0 atom stereocenters. The summed E-state index contributed by atoms with van der Waals surface area (Å²) in [4.78, 5) is 10.6. The van der Waals surface area contributed by atoms with Gasteiger partial charge in [-0.15, -0.1) is 0 Å². The van der Waals surface area contributed by atoms with Gasteiger partial charge in [-0.1, -0.05) is 45.7 Å². The van der Waals surface area contributed by atoms with E-state index in [0.29, 0.717) is 12.2 Å². The second kappa shape index (κ2) is 5.04. The maximum atomic E-state index is 11.0. The summed E-state index contributed by atoms with van der Waals surface area (Å²) in [6.07, 6.45) is 1.90. The zero-order valence-corrected chi connectivity index (χ0v) is 11.4. The Morgan fingerprint density at radius 1 is 1.47 bits per heavy atom. The Hall–Kier alpha value is -1.10. The molecule has 17 heavy (non-hydrogen) atoms. The van der Waals surface area contributed by atoms with E-state index in [2.05, 4.69) is 12.0 Å². The molecule has 1 aromatic heterocycles. The first kappa shape index (κ1) is 14.0. The van der Waals surface area contributed by atoms with Crippen molar-refractivity contribution in [2.24, 2.45) is 0 Å². The van der Waals surface area contributed by atoms with E-state index in [9.17, 15) is 10.1 Å². The topological polar surface area (TPSA) is 61.0 Å². The highest BCUT2D eigenvalue weighted by Crippen LogP contribution is 2.35. The third-order valence-corrected chi connectivity index (χ3v) is 2.86. The zero-order valence-electron chi connectivity index (χ0n) is 10.7. The molecule has 0 bridgehead atoms. The van der Waals surface area contributed by atoms with Crippen molar-refractivity contribution in [2.75, 3.05) is 0 Å². The largest absolute Gasteiger partial charge is 0.329 e. The standard InChI is InChI=1S/C11H18ClN3O2/c1-5-6-7-14-10(12)8(15(16)17)9(13-14)11(2,3)4/h5-7H2,1-4H3. The molecule has 0 aliphatic rings. The first-order valence-corrected chi connectivity index (χ1v) is 6.08. The Kier molecular flexibility index (Phi) is 4.14. The number of hydrogen-bond acceptors (Lipinski definition) is 3. The number of nitro groups is 1. The fraction of sp³-hybridized carbons (Fsp3) is 0.727. The summed E-state index contributed by atoms with van der Waals surface area (Å²) in [5, 5.41) is 15.5. The molecule has 0 fully saturated rings. The Morgan fingerprint density at radius 2 is 2.06 bits per heavy atom. The SMILES string of the molecule is CCCCn1nc(C(C)(C)C)c([N+](=O)[O-])c1Cl. The molecule has 0 aliphatic carbocycles. The lowest BCUT2D eigenvalue weighted by atomic mass is 9.91. The van der Waals surface area contributed by atoms with Crippen LogP contribution in [0.3, 0.4) is 0 Å². The zero-order chi connectivity index (χ0) is 13.2. The predicted octanol–water partition coefficient (Wildman–Crippen LogP) is 3.54. The van der Waals surface area contributed by atoms with Gasteiger partial charge in [0.1, 0.15) is 5.69 Å². The summed E-state index contributed by atoms with van der Waals surface area (Å²) in [7, 11) is 0. The van der Waals surface area contributed by atoms with E-state index in [4.69, 9.17) is 11.6 Å². The molecule has 0 amide bonds. The van der Waals surface area contributed by atoms with E-state index in [1.807, 2.05) is 20.8 Å². The van der Waals surface area contributed by atoms with Gasteiger partial charge in [0.05, 0.1) is 4.92 Å². The van der Waals surface area contributed by atoms with Gasteiger partial charge >= 0.3 is 5.69 Å². The Labute approximate surface area is 106 Å². The second-order valence-electron chi connectivity index (χ2n) is 5.07. The van der Waals surface area contributed by atoms with Gasteiger partial charge < -0.3 is 0 Å². The number of nitrogens with zero attached hydrogens (tertiary/aromatic N) is 3. The number of halogens is 1. The van der Waals surface area contributed by atoms with Crippen LogP contribution >= 0.6 is 11.6 Å². The maximum Gasteiger partial charge on any atom is 0.329 e. The first-order chi connectivity index (χ1) is 7.79. The molecular weight excluding hydrogens is 242 g/mol. The lowest BCUT2D eigenvalue weighted by molar-refractivity contribution is -0.385. The van der Waals surface area contributed by atoms with Crippen molar-refractivity contribution in [3.8, 4) is 0 Å². The molecule has 0 N–H and O–H groups in total. The molecule has 0 aliphatic heterocycles. The van der Waals surface area contributed by atoms with Gasteiger partial charge in [0.25, 0.3) is 0 Å². The van der Waals surface area contributed by atoms with Crippen molar-refractivity contribution in [2.45, 2.75) is 52.5 Å². The third kappa shape index (κ3) is 2.97. The Balaban J connectivity index is 3.25. The quantitative estimate of drug-likeness (QED) is 0.614. The smallest absolute Gasteiger partial charge is 0.258 e. The number of aryl methyl sites for hydroxylation is 1. The predicted molar refractivity (Wildman–Crippen MR) is 67.5 cm³/mol. The highest BCUT2D eigenvalue weighted by Gasteiger charge is 2.33. The molecule has 0 saturated carbocycles. The molecular formula is C11H18ClN3O2. The highest BCUT2D eigenvalue weighted by atomic mass is 35.5. The van der Waals surface area contributed by atoms with Crippen molar-refractivity contribution in [3.63, 3.8) is 0 Å². The van der Waals surface area contributed by atoms with E-state index < -0.39 is 4.92 Å². The molecule has 0 saturated heterocycles. The fourth-order valence-corrected chi connectivity index (χ4v) is 1.84. The highest BCUT2D eigenvalue weighted by molar-refractivity contribution is 6.31. The van der Waals surface area contributed by atoms with E-state index in [1.54, 1.807) is 0 Å². The number of aromatic nitrogens is 2. The van der Waals surface area contributed by atoms with Crippen LogP contribution in [0.4, 0.5) is 5.69 Å². The molecule has 5 nitrogen and oxygen atoms in total. The molecule has 1 heterocycles. The van der Waals surface area contributed by atoms with Crippen LogP contribution in [0.25, 0.3) is 0 Å². The molecule has 1 rings (SSSR count). The van der Waals surface area contributed by atoms with Crippen molar-refractivity contribution in [1.29, 1.82) is 0 Å². The summed E-state index contributed by atoms with van der Waals surface area (Å²) >= 11 is 6.03. The van der Waals surface area contributed by atoms with Gasteiger partial charge in [0.15, 0.2) is 0 Å². The molecule has 1 aromatic rings. The number of rotatable bonds is 4. The average Bonchev–Trinajstić information content (AvgIpc) is 2.52. The molecule has 0 unspecified atom stereocenters. The Bertz CT molecular complexity index is 421. The van der Waals surface area contributed by atoms with Gasteiger partial charge in [-0.3, -0.25) is 10.1 Å². The number of unbranched alkanes of at least 4 members (excludes halogenated alkanes) is 1. The summed E-state index contributed by atoms with van der Waals surface area (Å²) in [6, 6.07) is 0. The van der Waals surface area contributed by atoms with Crippen LogP contribution in [0.15, 0.2) is 0 Å². The molecule has 0 spiro atoms. The summed E-state index contributed by atoms with van der Waals surface area (Å²) in [5.41, 5.74) is 0.00244. The van der Waals surface area contributed by atoms with E-state index in [1.165, 1.54) is 4.68 Å². The second-order valence-corrected chi connectivity index (χ2v) is 5.43. The van der Waals surface area contributed by atoms with Gasteiger partial charge in [-0.25, -0.2) is 4.68 Å². The molecule has 0 radical (unpaired) electrons. The normalized spacial score (nSPS) is 11.8. The third-order valence-electron chi connectivity index (χ3n) is 2.48. The van der Waals surface area contributed by atoms with Crippen LogP contribution in [0.2, 0.25) is 5.15 Å². The summed E-state index contributed by atoms with van der Waals surface area (Å²) in [5.74, 6) is 0. The summed E-state index contributed by atoms with van der Waals surface area (Å²) < 4.78 is 1.53. The van der Waals surface area contributed by atoms with Crippen LogP contribution in [-0.2, 0) is 12.0 Å². The minimum absolute atomic E-state index is 0.0599. The van der Waals surface area contributed by atoms with Crippen molar-refractivity contribution in [3.05, 3.63) is 21.0 Å². The fourth-order valence-electron chi connectivity index (χ4n) is 1.55. The van der Waals surface area contributed by atoms with Crippen LogP contribution < -0.4 is 0 Å². The lowest BCUT2D eigenvalue weighted by Gasteiger charge is -2.13. The van der Waals surface area contributed by atoms with Crippen molar-refractivity contribution in [1.82, 2.24) is 9.78 Å². The maximum absolute atomic E-state index is 11.0. The van der Waals surface area contributed by atoms with Crippen molar-refractivity contribution < 1.29 is 4.92 Å². The van der Waals surface area contributed by atoms with E-state index in [-0.39, 0.29) is 16.3 Å². The van der Waals surface area contributed by atoms with Gasteiger partial charge in [-0.05, 0) is 6.42 Å². The van der Waals surface area contributed by atoms with Crippen LogP contribution in [-0.4, -0.2) is 14.7 Å². The number of hydrogen-bond donors (Lipinski definition) is 0. The summed E-state index contributed by atoms with van der Waals surface area (Å²) in [6.45, 7) is 8.34. The molecule has 6 heteroatoms. The first-order valence-electron chi connectivity index (χ1n) is 5.70. The van der Waals surface area contributed by atoms with Crippen LogP contribution in [0.1, 0.15) is 46.2 Å². The van der Waals surface area contributed by atoms with Crippen molar-refractivity contribution >= 4 is 17.3 Å². The van der Waals surface area contributed by atoms with Crippen LogP contribution in [0.5, 0.6) is 0 Å². The van der Waals surface area contributed by atoms with Gasteiger partial charge in [-0.2, -0.15) is 5.10 Å². The average molecular weight is 260 g/mol. The minimum atomic E-state index is -0.446. The van der Waals surface area contributed by atoms with E-state index in [0.717, 1.165) is 12.8 Å². The molecule has 0 aromatic carbocycles. The van der Waals surface area contributed by atoms with Crippen LogP contribution in [0, 0.1) is 10.1 Å². The van der Waals surface area contributed by atoms with Gasteiger partial charge in [0, 0.05) is 12.0 Å².